The van der Waals surface area contributed by atoms with Crippen molar-refractivity contribution in [2.24, 2.45) is 5.92 Å². The number of hydrogen-bond donors (Lipinski definition) is 1. The molecule has 5 rings (SSSR count). The molecule has 2 saturated heterocycles. The monoisotopic (exact) mass is 462 g/mol. The summed E-state index contributed by atoms with van der Waals surface area (Å²) < 4.78 is 1.84. The van der Waals surface area contributed by atoms with Gasteiger partial charge in [0.15, 0.2) is 0 Å². The minimum atomic E-state index is -0.704. The van der Waals surface area contributed by atoms with Gasteiger partial charge in [-0.1, -0.05) is 32.0 Å². The standard InChI is InChI=1S/C26H30N4O4/c1-16(2)18-6-8-20(9-7-18)30-25(33)21(27-26(30)34)10-11-23(31)28-13-17-12-19(15-28)22-4-3-5-24(32)29(22)14-17/h3-9,16-17,19,21H,10-15H2,1-2H3,(H,27,34)/t17-,19+,21+/m1/s1. The highest BCUT2D eigenvalue weighted by Gasteiger charge is 2.40. The number of carbonyl (C=O) groups excluding carboxylic acids is 3. The fourth-order valence-corrected chi connectivity index (χ4v) is 5.51. The number of fused-ring (bicyclic) bond motifs is 4. The van der Waals surface area contributed by atoms with Crippen LogP contribution in [0.1, 0.15) is 56.2 Å². The number of pyridine rings is 1. The topological polar surface area (TPSA) is 91.7 Å². The van der Waals surface area contributed by atoms with E-state index in [1.165, 1.54) is 4.90 Å². The Bertz CT molecular complexity index is 1190. The summed E-state index contributed by atoms with van der Waals surface area (Å²) in [5.74, 6) is 0.441. The van der Waals surface area contributed by atoms with Gasteiger partial charge in [-0.15, -0.1) is 0 Å². The Kier molecular flexibility index (Phi) is 5.75. The second kappa shape index (κ2) is 8.74. The van der Waals surface area contributed by atoms with E-state index in [0.717, 1.165) is 17.7 Å². The van der Waals surface area contributed by atoms with Crippen molar-refractivity contribution in [2.75, 3.05) is 18.0 Å². The molecule has 4 heterocycles. The van der Waals surface area contributed by atoms with Gasteiger partial charge in [0.25, 0.3) is 11.5 Å². The van der Waals surface area contributed by atoms with Crippen molar-refractivity contribution in [3.05, 3.63) is 64.1 Å². The molecular weight excluding hydrogens is 432 g/mol. The minimum absolute atomic E-state index is 0.0109. The van der Waals surface area contributed by atoms with E-state index in [2.05, 4.69) is 19.2 Å². The van der Waals surface area contributed by atoms with Gasteiger partial charge in [-0.3, -0.25) is 14.4 Å². The van der Waals surface area contributed by atoms with Gasteiger partial charge in [0.1, 0.15) is 6.04 Å². The molecule has 8 nitrogen and oxygen atoms in total. The predicted octanol–water partition coefficient (Wildman–Crippen LogP) is 2.82. The lowest BCUT2D eigenvalue weighted by Gasteiger charge is -2.42. The Morgan fingerprint density at radius 1 is 1.03 bits per heavy atom. The van der Waals surface area contributed by atoms with Crippen LogP contribution in [0, 0.1) is 5.92 Å². The van der Waals surface area contributed by atoms with Gasteiger partial charge in [0.2, 0.25) is 5.91 Å². The molecular formula is C26H30N4O4. The first kappa shape index (κ1) is 22.4. The molecule has 34 heavy (non-hydrogen) atoms. The van der Waals surface area contributed by atoms with Crippen LogP contribution in [0.4, 0.5) is 10.5 Å². The summed E-state index contributed by atoms with van der Waals surface area (Å²) in [5, 5.41) is 2.74. The number of rotatable bonds is 5. The zero-order valence-corrected chi connectivity index (χ0v) is 19.6. The van der Waals surface area contributed by atoms with Gasteiger partial charge in [-0.05, 0) is 48.4 Å². The van der Waals surface area contributed by atoms with Gasteiger partial charge in [-0.2, -0.15) is 0 Å². The smallest absolute Gasteiger partial charge is 0.329 e. The molecule has 2 fully saturated rings. The minimum Gasteiger partial charge on any atom is -0.342 e. The van der Waals surface area contributed by atoms with Crippen molar-refractivity contribution in [2.45, 2.75) is 57.5 Å². The molecule has 2 bridgehead atoms. The third kappa shape index (κ3) is 4.02. The number of likely N-dealkylation sites (tertiary alicyclic amines) is 1. The molecule has 8 heteroatoms. The molecule has 1 aromatic heterocycles. The molecule has 3 aliphatic rings. The molecule has 0 unspecified atom stereocenters. The number of imide groups is 1. The molecule has 2 aromatic rings. The Hall–Kier alpha value is -3.42. The molecule has 3 atom stereocenters. The van der Waals surface area contributed by atoms with Gasteiger partial charge >= 0.3 is 6.03 Å². The number of urea groups is 1. The highest BCUT2D eigenvalue weighted by Crippen LogP contribution is 2.35. The van der Waals surface area contributed by atoms with Crippen LogP contribution < -0.4 is 15.8 Å². The number of amides is 4. The summed E-state index contributed by atoms with van der Waals surface area (Å²) in [6, 6.07) is 11.6. The first-order valence-corrected chi connectivity index (χ1v) is 12.0. The normalized spacial score (nSPS) is 23.8. The Morgan fingerprint density at radius 2 is 1.79 bits per heavy atom. The SMILES string of the molecule is CC(C)c1ccc(N2C(=O)N[C@@H](CCC(=O)N3C[C@H]4C[C@@H](C3)c3cccc(=O)n3C4)C2=O)cc1. The molecule has 1 aromatic carbocycles. The van der Waals surface area contributed by atoms with Gasteiger partial charge in [0, 0.05) is 43.7 Å². The van der Waals surface area contributed by atoms with Crippen molar-refractivity contribution < 1.29 is 14.4 Å². The third-order valence-electron chi connectivity index (χ3n) is 7.32. The average Bonchev–Trinajstić information content (AvgIpc) is 3.11. The summed E-state index contributed by atoms with van der Waals surface area (Å²) in [5.41, 5.74) is 2.69. The fourth-order valence-electron chi connectivity index (χ4n) is 5.51. The summed E-state index contributed by atoms with van der Waals surface area (Å²) in [6.45, 7) is 6.01. The number of nitrogens with zero attached hydrogens (tertiary/aromatic N) is 3. The third-order valence-corrected chi connectivity index (χ3v) is 7.32. The number of aromatic nitrogens is 1. The summed E-state index contributed by atoms with van der Waals surface area (Å²) in [7, 11) is 0. The van der Waals surface area contributed by atoms with E-state index in [9.17, 15) is 19.2 Å². The van der Waals surface area contributed by atoms with Crippen LogP contribution in [0.3, 0.4) is 0 Å². The molecule has 0 aliphatic carbocycles. The van der Waals surface area contributed by atoms with Crippen LogP contribution in [-0.2, 0) is 16.1 Å². The molecule has 178 valence electrons. The molecule has 0 spiro atoms. The van der Waals surface area contributed by atoms with Crippen LogP contribution in [0.2, 0.25) is 0 Å². The van der Waals surface area contributed by atoms with Crippen molar-refractivity contribution in [1.82, 2.24) is 14.8 Å². The maximum Gasteiger partial charge on any atom is 0.329 e. The van der Waals surface area contributed by atoms with E-state index in [1.54, 1.807) is 24.3 Å². The number of nitrogens with one attached hydrogen (secondary N) is 1. The Morgan fingerprint density at radius 3 is 2.53 bits per heavy atom. The maximum absolute atomic E-state index is 13.0. The van der Waals surface area contributed by atoms with E-state index in [-0.39, 0.29) is 42.1 Å². The predicted molar refractivity (Wildman–Crippen MR) is 128 cm³/mol. The van der Waals surface area contributed by atoms with Crippen molar-refractivity contribution in [1.29, 1.82) is 0 Å². The molecule has 0 saturated carbocycles. The Balaban J connectivity index is 1.21. The highest BCUT2D eigenvalue weighted by atomic mass is 16.2. The lowest BCUT2D eigenvalue weighted by atomic mass is 9.83. The number of benzene rings is 1. The van der Waals surface area contributed by atoms with Gasteiger partial charge < -0.3 is 14.8 Å². The van der Waals surface area contributed by atoms with Crippen LogP contribution in [0.5, 0.6) is 0 Å². The van der Waals surface area contributed by atoms with Crippen molar-refractivity contribution >= 4 is 23.5 Å². The number of piperidine rings is 1. The zero-order chi connectivity index (χ0) is 24.0. The second-order valence-electron chi connectivity index (χ2n) is 9.96. The summed E-state index contributed by atoms with van der Waals surface area (Å²) in [6.07, 6.45) is 1.44. The van der Waals surface area contributed by atoms with Crippen molar-refractivity contribution in [3.63, 3.8) is 0 Å². The molecule has 3 aliphatic heterocycles. The van der Waals surface area contributed by atoms with Crippen LogP contribution in [-0.4, -0.2) is 46.4 Å². The van der Waals surface area contributed by atoms with Crippen LogP contribution in [0.15, 0.2) is 47.3 Å². The average molecular weight is 463 g/mol. The van der Waals surface area contributed by atoms with Crippen LogP contribution >= 0.6 is 0 Å². The van der Waals surface area contributed by atoms with Gasteiger partial charge in [-0.25, -0.2) is 9.69 Å². The zero-order valence-electron chi connectivity index (χ0n) is 19.6. The van der Waals surface area contributed by atoms with E-state index < -0.39 is 12.1 Å². The quantitative estimate of drug-likeness (QED) is 0.692. The lowest BCUT2D eigenvalue weighted by molar-refractivity contribution is -0.134. The number of anilines is 1. The van der Waals surface area contributed by atoms with E-state index in [1.807, 2.05) is 27.7 Å². The van der Waals surface area contributed by atoms with Crippen molar-refractivity contribution in [3.8, 4) is 0 Å². The molecule has 0 radical (unpaired) electrons. The van der Waals surface area contributed by atoms with E-state index in [0.29, 0.717) is 31.2 Å². The lowest BCUT2D eigenvalue weighted by Crippen LogP contribution is -2.49. The Labute approximate surface area is 198 Å². The highest BCUT2D eigenvalue weighted by molar-refractivity contribution is 6.21. The maximum atomic E-state index is 13.0. The first-order valence-electron chi connectivity index (χ1n) is 12.0. The van der Waals surface area contributed by atoms with E-state index >= 15 is 0 Å². The molecule has 4 amide bonds. The fraction of sp³-hybridized carbons (Fsp3) is 0.462. The van der Waals surface area contributed by atoms with Gasteiger partial charge in [0.05, 0.1) is 5.69 Å². The van der Waals surface area contributed by atoms with E-state index in [4.69, 9.17) is 0 Å². The largest absolute Gasteiger partial charge is 0.342 e. The summed E-state index contributed by atoms with van der Waals surface area (Å²) >= 11 is 0. The number of carbonyl (C=O) groups is 3. The summed E-state index contributed by atoms with van der Waals surface area (Å²) in [4.78, 5) is 53.7. The molecule has 1 N–H and O–H groups in total. The first-order chi connectivity index (χ1) is 16.3. The van der Waals surface area contributed by atoms with Crippen LogP contribution in [0.25, 0.3) is 0 Å². The second-order valence-corrected chi connectivity index (χ2v) is 9.96. The number of hydrogen-bond acceptors (Lipinski definition) is 4.